The van der Waals surface area contributed by atoms with Crippen LogP contribution < -0.4 is 0 Å². The van der Waals surface area contributed by atoms with Crippen molar-refractivity contribution in [1.82, 2.24) is 4.90 Å². The van der Waals surface area contributed by atoms with E-state index in [9.17, 15) is 9.59 Å². The fourth-order valence-corrected chi connectivity index (χ4v) is 0.986. The number of aliphatic hydroxyl groups is 1. The number of rotatable bonds is 6. The Labute approximate surface area is 113 Å². The molecule has 1 fully saturated rings. The minimum Gasteiger partial charge on any atom is -0.460 e. The molecule has 0 aromatic carbocycles. The maximum atomic E-state index is 10.8. The van der Waals surface area contributed by atoms with Crippen molar-refractivity contribution in [2.45, 2.75) is 13.0 Å². The van der Waals surface area contributed by atoms with Crippen molar-refractivity contribution in [3.63, 3.8) is 0 Å². The van der Waals surface area contributed by atoms with E-state index < -0.39 is 5.97 Å². The summed E-state index contributed by atoms with van der Waals surface area (Å²) >= 11 is 0. The number of hydrogen-bond acceptors (Lipinski definition) is 5. The Morgan fingerprint density at radius 3 is 2.53 bits per heavy atom. The number of epoxide rings is 1. The molecular formula is C13H21NO5. The number of aliphatic hydroxyl groups excluding tert-OH is 1. The second-order valence-corrected chi connectivity index (χ2v) is 4.02. The van der Waals surface area contributed by atoms with Crippen molar-refractivity contribution in [1.29, 1.82) is 0 Å². The summed E-state index contributed by atoms with van der Waals surface area (Å²) in [5, 5.41) is 8.19. The molecular weight excluding hydrogens is 250 g/mol. The summed E-state index contributed by atoms with van der Waals surface area (Å²) in [4.78, 5) is 22.9. The number of nitrogens with zero attached hydrogens (tertiary/aromatic N) is 1. The highest BCUT2D eigenvalue weighted by Crippen LogP contribution is 2.09. The van der Waals surface area contributed by atoms with Crippen LogP contribution in [0.25, 0.3) is 0 Å². The van der Waals surface area contributed by atoms with Gasteiger partial charge in [-0.25, -0.2) is 4.79 Å². The summed E-state index contributed by atoms with van der Waals surface area (Å²) in [5.74, 6) is -0.500. The van der Waals surface area contributed by atoms with Crippen LogP contribution in [0.5, 0.6) is 0 Å². The Balaban J connectivity index is 0.000000344. The quantitative estimate of drug-likeness (QED) is 0.422. The van der Waals surface area contributed by atoms with E-state index in [0.717, 1.165) is 6.61 Å². The monoisotopic (exact) mass is 271 g/mol. The second-order valence-electron chi connectivity index (χ2n) is 4.02. The molecule has 1 saturated heterocycles. The molecule has 0 saturated carbocycles. The maximum Gasteiger partial charge on any atom is 0.333 e. The van der Waals surface area contributed by atoms with Gasteiger partial charge in [0.15, 0.2) is 0 Å². The molecule has 19 heavy (non-hydrogen) atoms. The highest BCUT2D eigenvalue weighted by molar-refractivity contribution is 5.87. The van der Waals surface area contributed by atoms with Gasteiger partial charge >= 0.3 is 5.97 Å². The van der Waals surface area contributed by atoms with Gasteiger partial charge in [0, 0.05) is 19.2 Å². The number of carbonyl (C=O) groups is 2. The van der Waals surface area contributed by atoms with Crippen molar-refractivity contribution in [3.05, 3.63) is 24.8 Å². The number of likely N-dealkylation sites (N-methyl/N-ethyl adjacent to an activating group) is 1. The van der Waals surface area contributed by atoms with Crippen LogP contribution in [0.4, 0.5) is 0 Å². The molecule has 0 radical (unpaired) electrons. The van der Waals surface area contributed by atoms with Crippen LogP contribution in [0.15, 0.2) is 24.8 Å². The van der Waals surface area contributed by atoms with Crippen LogP contribution in [0.3, 0.4) is 0 Å². The predicted molar refractivity (Wildman–Crippen MR) is 70.4 cm³/mol. The highest BCUT2D eigenvalue weighted by atomic mass is 16.6. The Bertz CT molecular complexity index is 336. The Kier molecular flexibility index (Phi) is 8.48. The molecule has 0 aromatic heterocycles. The number of hydrogen-bond donors (Lipinski definition) is 1. The van der Waals surface area contributed by atoms with Gasteiger partial charge in [-0.05, 0) is 13.0 Å². The van der Waals surface area contributed by atoms with E-state index in [2.05, 4.69) is 17.9 Å². The third-order valence-corrected chi connectivity index (χ3v) is 2.10. The van der Waals surface area contributed by atoms with E-state index in [0.29, 0.717) is 12.1 Å². The number of esters is 1. The molecule has 1 heterocycles. The first kappa shape index (κ1) is 17.3. The van der Waals surface area contributed by atoms with Crippen LogP contribution in [0.1, 0.15) is 6.92 Å². The minimum atomic E-state index is -0.455. The zero-order chi connectivity index (χ0) is 14.8. The molecule has 0 aromatic rings. The summed E-state index contributed by atoms with van der Waals surface area (Å²) in [7, 11) is 1.74. The number of ether oxygens (including phenoxy) is 2. The fourth-order valence-electron chi connectivity index (χ4n) is 0.986. The van der Waals surface area contributed by atoms with Crippen LogP contribution in [-0.2, 0) is 19.1 Å². The Morgan fingerprint density at radius 2 is 2.16 bits per heavy atom. The van der Waals surface area contributed by atoms with Crippen LogP contribution in [0.2, 0.25) is 0 Å². The molecule has 0 spiro atoms. The summed E-state index contributed by atoms with van der Waals surface area (Å²) in [6.45, 7) is 9.66. The van der Waals surface area contributed by atoms with E-state index >= 15 is 0 Å². The van der Waals surface area contributed by atoms with Crippen LogP contribution in [0, 0.1) is 0 Å². The summed E-state index contributed by atoms with van der Waals surface area (Å²) in [5.41, 5.74) is 0.350. The van der Waals surface area contributed by atoms with Gasteiger partial charge in [-0.15, -0.1) is 0 Å². The first-order valence-electron chi connectivity index (χ1n) is 5.85. The molecule has 1 aliphatic heterocycles. The first-order chi connectivity index (χ1) is 8.92. The van der Waals surface area contributed by atoms with Crippen molar-refractivity contribution in [2.75, 3.05) is 33.4 Å². The van der Waals surface area contributed by atoms with E-state index in [1.54, 1.807) is 18.9 Å². The SMILES string of the molecule is C=C(C)C(=O)OCCO.C=CC(=O)N(C)CC1CO1. The third kappa shape index (κ3) is 8.98. The molecule has 1 unspecified atom stereocenters. The smallest absolute Gasteiger partial charge is 0.333 e. The summed E-state index contributed by atoms with van der Waals surface area (Å²) < 4.78 is 9.41. The summed E-state index contributed by atoms with van der Waals surface area (Å²) in [6.07, 6.45) is 1.58. The van der Waals surface area contributed by atoms with E-state index in [4.69, 9.17) is 9.84 Å². The van der Waals surface area contributed by atoms with Crippen LogP contribution in [-0.4, -0.2) is 61.4 Å². The van der Waals surface area contributed by atoms with Gasteiger partial charge in [0.05, 0.1) is 19.3 Å². The van der Waals surface area contributed by atoms with Crippen molar-refractivity contribution in [3.8, 4) is 0 Å². The molecule has 0 aliphatic carbocycles. The van der Waals surface area contributed by atoms with Crippen LogP contribution >= 0.6 is 0 Å². The van der Waals surface area contributed by atoms with E-state index in [-0.39, 0.29) is 25.2 Å². The number of carbonyl (C=O) groups excluding carboxylic acids is 2. The molecule has 108 valence electrons. The second kappa shape index (κ2) is 9.29. The minimum absolute atomic E-state index is 0.0458. The highest BCUT2D eigenvalue weighted by Gasteiger charge is 2.24. The van der Waals surface area contributed by atoms with Crippen molar-refractivity contribution in [2.24, 2.45) is 0 Å². The maximum absolute atomic E-state index is 10.8. The molecule has 1 N–H and O–H groups in total. The van der Waals surface area contributed by atoms with Crippen molar-refractivity contribution >= 4 is 11.9 Å². The zero-order valence-electron chi connectivity index (χ0n) is 11.4. The summed E-state index contributed by atoms with van der Waals surface area (Å²) in [6, 6.07) is 0. The van der Waals surface area contributed by atoms with Gasteiger partial charge in [0.2, 0.25) is 5.91 Å². The lowest BCUT2D eigenvalue weighted by molar-refractivity contribution is -0.139. The largest absolute Gasteiger partial charge is 0.460 e. The molecule has 0 bridgehead atoms. The average molecular weight is 271 g/mol. The molecule has 6 nitrogen and oxygen atoms in total. The molecule has 1 rings (SSSR count). The Hall–Kier alpha value is -1.66. The van der Waals surface area contributed by atoms with Gasteiger partial charge < -0.3 is 19.5 Å². The molecule has 1 amide bonds. The third-order valence-electron chi connectivity index (χ3n) is 2.10. The van der Waals surface area contributed by atoms with Gasteiger partial charge in [0.25, 0.3) is 0 Å². The standard InChI is InChI=1S/C7H11NO2.C6H10O3/c1-3-7(9)8(2)4-6-5-10-6;1-5(2)6(8)9-4-3-7/h3,6H,1,4-5H2,2H3;7H,1,3-4H2,2H3. The lowest BCUT2D eigenvalue weighted by Crippen LogP contribution is -2.28. The Morgan fingerprint density at radius 1 is 1.58 bits per heavy atom. The average Bonchev–Trinajstić information content (AvgIpc) is 3.19. The van der Waals surface area contributed by atoms with Gasteiger partial charge in [-0.1, -0.05) is 13.2 Å². The van der Waals surface area contributed by atoms with Crippen molar-refractivity contribution < 1.29 is 24.2 Å². The van der Waals surface area contributed by atoms with Gasteiger partial charge in [0.1, 0.15) is 6.61 Å². The molecule has 1 aliphatic rings. The molecule has 1 atom stereocenters. The lowest BCUT2D eigenvalue weighted by atomic mass is 10.4. The lowest BCUT2D eigenvalue weighted by Gasteiger charge is -2.11. The topological polar surface area (TPSA) is 79.4 Å². The van der Waals surface area contributed by atoms with Gasteiger partial charge in [-0.2, -0.15) is 0 Å². The number of amides is 1. The normalized spacial score (nSPS) is 15.6. The van der Waals surface area contributed by atoms with Gasteiger partial charge in [-0.3, -0.25) is 4.79 Å². The fraction of sp³-hybridized carbons (Fsp3) is 0.538. The predicted octanol–water partition coefficient (Wildman–Crippen LogP) is 0.128. The van der Waals surface area contributed by atoms with E-state index in [1.165, 1.54) is 6.08 Å². The zero-order valence-corrected chi connectivity index (χ0v) is 11.4. The first-order valence-corrected chi connectivity index (χ1v) is 5.85. The molecule has 6 heteroatoms. The van der Waals surface area contributed by atoms with E-state index in [1.807, 2.05) is 0 Å².